The van der Waals surface area contributed by atoms with Gasteiger partial charge in [-0.05, 0) is 158 Å². The van der Waals surface area contributed by atoms with Gasteiger partial charge in [-0.25, -0.2) is 47.6 Å². The number of methoxy groups -OCH3 is 2. The Labute approximate surface area is 593 Å². The van der Waals surface area contributed by atoms with Crippen molar-refractivity contribution in [3.05, 3.63) is 89.3 Å². The molecule has 3 aliphatic rings. The third-order valence-electron chi connectivity index (χ3n) is 16.6. The molecule has 2 aromatic carbocycles. The lowest BCUT2D eigenvalue weighted by molar-refractivity contribution is 0.0476. The van der Waals surface area contributed by atoms with E-state index in [1.807, 2.05) is 51.3 Å². The van der Waals surface area contributed by atoms with Crippen LogP contribution in [-0.4, -0.2) is 160 Å². The number of likely N-dealkylation sites (tertiary alicyclic amines) is 1. The Balaban J connectivity index is 0.000000225. The van der Waals surface area contributed by atoms with Crippen LogP contribution in [0.25, 0.3) is 72.1 Å². The number of piperidine rings is 3. The first-order valence-corrected chi connectivity index (χ1v) is 33.7. The number of carbonyl (C=O) groups excluding carboxylic acids is 5. The SMILES string of the molecule is COc1ccc(-c2nc3[nH]nc(NC(=O)OC(C)(C)C)c3c(-c3ccc(N4CCC(NC(=O)OC(C)(C)C)CC4)o3)c2C#N)c(F)c1.[C-]#[N+]c1c(-c2ccc(OC)cc2F)nc2[nH]nc(NC(=O)N3CCC(NC(=O)OC(C)(C)C)CC3)c2c1-c1ccc(N2CCC(NC(=O)OC(C)(C)C)CC2)o1. The van der Waals surface area contributed by atoms with Crippen LogP contribution in [0.2, 0.25) is 0 Å². The smallest absolute Gasteiger partial charge is 0.413 e. The Morgan fingerprint density at radius 2 is 0.942 bits per heavy atom. The van der Waals surface area contributed by atoms with Crippen LogP contribution in [-0.2, 0) is 18.9 Å². The average molecular weight is 1420 g/mol. The average Bonchev–Trinajstić information content (AvgIpc) is 1.67. The number of pyridine rings is 2. The van der Waals surface area contributed by atoms with Crippen molar-refractivity contribution in [2.75, 3.05) is 73.9 Å². The van der Waals surface area contributed by atoms with Gasteiger partial charge in [0.2, 0.25) is 5.69 Å². The number of anilines is 4. The fourth-order valence-corrected chi connectivity index (χ4v) is 12.0. The van der Waals surface area contributed by atoms with Gasteiger partial charge in [-0.3, -0.25) is 20.8 Å². The number of urea groups is 1. The van der Waals surface area contributed by atoms with E-state index >= 15 is 8.78 Å². The van der Waals surface area contributed by atoms with E-state index in [2.05, 4.69) is 67.9 Å². The Hall–Kier alpha value is -11.4. The van der Waals surface area contributed by atoms with Gasteiger partial charge < -0.3 is 67.9 Å². The Morgan fingerprint density at radius 3 is 1.35 bits per heavy atom. The number of hydrogen-bond acceptors (Lipinski definition) is 20. The van der Waals surface area contributed by atoms with Gasteiger partial charge in [-0.1, -0.05) is 0 Å². The Kier molecular flexibility index (Phi) is 22.0. The van der Waals surface area contributed by atoms with Crippen LogP contribution in [0.3, 0.4) is 0 Å². The lowest BCUT2D eigenvalue weighted by Crippen LogP contribution is -2.48. The number of alkyl carbamates (subject to hydrolysis) is 3. The predicted molar refractivity (Wildman–Crippen MR) is 380 cm³/mol. The van der Waals surface area contributed by atoms with Crippen molar-refractivity contribution in [2.24, 2.45) is 0 Å². The van der Waals surface area contributed by atoms with Crippen molar-refractivity contribution in [1.29, 1.82) is 5.26 Å². The molecule has 3 aliphatic heterocycles. The van der Waals surface area contributed by atoms with E-state index in [-0.39, 0.29) is 103 Å². The second-order valence-electron chi connectivity index (χ2n) is 29.0. The number of rotatable bonds is 13. The Bertz CT molecular complexity index is 4540. The minimum Gasteiger partial charge on any atom is -0.497 e. The highest BCUT2D eigenvalue weighted by Crippen LogP contribution is 2.48. The molecule has 11 rings (SSSR count). The number of furan rings is 2. The van der Waals surface area contributed by atoms with Crippen molar-refractivity contribution in [1.82, 2.24) is 51.2 Å². The summed E-state index contributed by atoms with van der Waals surface area (Å²) >= 11 is 0. The lowest BCUT2D eigenvalue weighted by Gasteiger charge is -2.32. The van der Waals surface area contributed by atoms with Crippen LogP contribution < -0.4 is 45.9 Å². The van der Waals surface area contributed by atoms with Gasteiger partial charge >= 0.3 is 30.4 Å². The molecule has 0 spiro atoms. The van der Waals surface area contributed by atoms with Gasteiger partial charge in [0.25, 0.3) is 0 Å². The highest BCUT2D eigenvalue weighted by Gasteiger charge is 2.34. The number of nitriles is 1. The van der Waals surface area contributed by atoms with Crippen molar-refractivity contribution >= 4 is 81.6 Å². The van der Waals surface area contributed by atoms with Gasteiger partial charge in [-0.2, -0.15) is 15.5 Å². The number of nitrogens with one attached hydrogen (secondary N) is 7. The number of carbonyl (C=O) groups is 5. The van der Waals surface area contributed by atoms with E-state index in [0.717, 1.165) is 0 Å². The number of amides is 6. The number of H-pyrrole nitrogens is 2. The summed E-state index contributed by atoms with van der Waals surface area (Å²) < 4.78 is 75.6. The van der Waals surface area contributed by atoms with E-state index in [4.69, 9.17) is 43.8 Å². The first-order valence-electron chi connectivity index (χ1n) is 33.7. The van der Waals surface area contributed by atoms with Crippen LogP contribution in [0.15, 0.2) is 69.5 Å². The summed E-state index contributed by atoms with van der Waals surface area (Å²) in [5.41, 5.74) is -1.46. The molecule has 3 fully saturated rings. The lowest BCUT2D eigenvalue weighted by atomic mass is 9.97. The molecule has 546 valence electrons. The standard InChI is InChI=1S/C39H48FN9O7.C33H38FN7O6/c1-38(2,3)55-36(51)42-22-13-17-48(18-14-22)28-12-11-27(54-28)29-30-33(44-31(32(29)41-7)25-10-9-24(53-8)21-26(25)40)46-47-34(30)45-35(50)49-19-15-23(16-20-49)43-37(52)56-39(4,5)6;1-32(2,3)46-30(42)36-18-12-14-41(15-13-18)24-11-10-23(45-24)25-21(17-35)27(20-9-8-19(44-7)16-22(20)34)37-28-26(25)29(40-39-28)38-31(43)47-33(4,5)6/h9-12,21-23H,13-20H2,1-6,8H3,(H,42,51)(H,43,52)(H2,44,45,46,47,50);8-11,16,18H,12-15H2,1-7H3,(H,36,42)(H2,37,38,39,40,43). The number of ether oxygens (including phenoxy) is 6. The van der Waals surface area contributed by atoms with Crippen molar-refractivity contribution < 1.29 is 70.0 Å². The number of nitrogens with zero attached hydrogens (tertiary/aromatic N) is 9. The van der Waals surface area contributed by atoms with Crippen LogP contribution in [0, 0.1) is 29.5 Å². The second kappa shape index (κ2) is 30.5. The molecule has 6 aromatic heterocycles. The summed E-state index contributed by atoms with van der Waals surface area (Å²) in [5, 5.41) is 39.6. The highest BCUT2D eigenvalue weighted by molar-refractivity contribution is 6.11. The molecular formula is C72H86F2N16O13. The monoisotopic (exact) mass is 1420 g/mol. The third-order valence-corrected chi connectivity index (χ3v) is 16.6. The van der Waals surface area contributed by atoms with Crippen LogP contribution in [0.4, 0.5) is 61.8 Å². The molecule has 7 N–H and O–H groups in total. The zero-order valence-electron chi connectivity index (χ0n) is 60.1. The molecule has 0 bridgehead atoms. The maximum Gasteiger partial charge on any atom is 0.413 e. The van der Waals surface area contributed by atoms with Gasteiger partial charge in [0, 0.05) is 98.3 Å². The quantitative estimate of drug-likeness (QED) is 0.0416. The minimum atomic E-state index is -0.778. The number of aromatic nitrogens is 6. The fraction of sp³-hybridized carbons (Fsp3) is 0.458. The summed E-state index contributed by atoms with van der Waals surface area (Å²) in [6.45, 7) is 32.8. The molecule has 0 radical (unpaired) electrons. The number of halogens is 2. The molecule has 31 heteroatoms. The molecule has 0 unspecified atom stereocenters. The van der Waals surface area contributed by atoms with E-state index in [1.54, 1.807) is 82.8 Å². The van der Waals surface area contributed by atoms with Gasteiger partial charge in [0.1, 0.15) is 63.1 Å². The molecule has 3 saturated heterocycles. The summed E-state index contributed by atoms with van der Waals surface area (Å²) in [6.07, 6.45) is 1.46. The molecule has 0 saturated carbocycles. The number of hydrogen-bond donors (Lipinski definition) is 7. The third kappa shape index (κ3) is 18.4. The molecule has 29 nitrogen and oxygen atoms in total. The molecule has 8 aromatic rings. The maximum atomic E-state index is 15.6. The number of fused-ring (bicyclic) bond motifs is 2. The van der Waals surface area contributed by atoms with Crippen molar-refractivity contribution in [3.63, 3.8) is 0 Å². The number of aromatic amines is 2. The normalized spacial score (nSPS) is 14.9. The summed E-state index contributed by atoms with van der Waals surface area (Å²) in [6, 6.07) is 17.0. The van der Waals surface area contributed by atoms with Crippen LogP contribution in [0.1, 0.15) is 127 Å². The summed E-state index contributed by atoms with van der Waals surface area (Å²) in [7, 11) is 2.86. The van der Waals surface area contributed by atoms with Crippen LogP contribution in [0.5, 0.6) is 11.5 Å². The molecular weight excluding hydrogens is 1330 g/mol. The van der Waals surface area contributed by atoms with E-state index in [0.29, 0.717) is 106 Å². The van der Waals surface area contributed by atoms with E-state index in [1.165, 1.54) is 38.5 Å². The highest BCUT2D eigenvalue weighted by atomic mass is 19.1. The number of benzene rings is 2. The van der Waals surface area contributed by atoms with Gasteiger partial charge in [0.05, 0.1) is 54.1 Å². The first-order chi connectivity index (χ1) is 48.7. The molecule has 103 heavy (non-hydrogen) atoms. The zero-order chi connectivity index (χ0) is 74.5. The largest absolute Gasteiger partial charge is 0.497 e. The zero-order valence-corrected chi connectivity index (χ0v) is 60.1. The first kappa shape index (κ1) is 74.3. The maximum absolute atomic E-state index is 15.6. The minimum absolute atomic E-state index is 0.00586. The van der Waals surface area contributed by atoms with Crippen LogP contribution >= 0.6 is 0 Å². The topological polar surface area (TPSA) is 348 Å². The van der Waals surface area contributed by atoms with Crippen molar-refractivity contribution in [3.8, 4) is 62.7 Å². The molecule has 6 amide bonds. The molecule has 0 aliphatic carbocycles. The van der Waals surface area contributed by atoms with E-state index in [9.17, 15) is 29.2 Å². The van der Waals surface area contributed by atoms with Gasteiger partial charge in [0.15, 0.2) is 34.7 Å². The predicted octanol–water partition coefficient (Wildman–Crippen LogP) is 14.3. The Morgan fingerprint density at radius 1 is 0.553 bits per heavy atom. The van der Waals surface area contributed by atoms with Crippen molar-refractivity contribution in [2.45, 2.75) is 162 Å². The van der Waals surface area contributed by atoms with Gasteiger partial charge in [-0.15, -0.1) is 0 Å². The summed E-state index contributed by atoms with van der Waals surface area (Å²) in [4.78, 5) is 82.0. The van der Waals surface area contributed by atoms with E-state index < -0.39 is 64.4 Å². The molecule has 0 atom stereocenters. The fourth-order valence-electron chi connectivity index (χ4n) is 12.0. The summed E-state index contributed by atoms with van der Waals surface area (Å²) in [5.74, 6) is 1.11. The second-order valence-corrected chi connectivity index (χ2v) is 29.0. The molecule has 9 heterocycles.